The Balaban J connectivity index is 1.63. The number of hydrogen-bond donors (Lipinski definition) is 2. The lowest BCUT2D eigenvalue weighted by Gasteiger charge is -2.12. The van der Waals surface area contributed by atoms with Gasteiger partial charge >= 0.3 is 0 Å². The molecule has 2 N–H and O–H groups in total. The van der Waals surface area contributed by atoms with Gasteiger partial charge in [-0.25, -0.2) is 0 Å². The summed E-state index contributed by atoms with van der Waals surface area (Å²) >= 11 is 0. The van der Waals surface area contributed by atoms with Gasteiger partial charge in [0.15, 0.2) is 5.96 Å². The third-order valence-electron chi connectivity index (χ3n) is 3.88. The van der Waals surface area contributed by atoms with E-state index in [4.69, 9.17) is 13.9 Å². The Morgan fingerprint density at radius 3 is 3.00 bits per heavy atom. The molecule has 1 atom stereocenters. The fourth-order valence-electron chi connectivity index (χ4n) is 2.47. The van der Waals surface area contributed by atoms with E-state index in [0.717, 1.165) is 76.9 Å². The van der Waals surface area contributed by atoms with Crippen molar-refractivity contribution in [3.8, 4) is 0 Å². The van der Waals surface area contributed by atoms with E-state index >= 15 is 0 Å². The molecule has 2 rings (SSSR count). The molecule has 0 bridgehead atoms. The minimum atomic E-state index is 0.280. The number of aliphatic imine (C=N–C) groups is 1. The van der Waals surface area contributed by atoms with Gasteiger partial charge in [-0.05, 0) is 31.4 Å². The van der Waals surface area contributed by atoms with E-state index in [1.54, 1.807) is 6.26 Å². The van der Waals surface area contributed by atoms with Crippen molar-refractivity contribution in [2.45, 2.75) is 45.1 Å². The summed E-state index contributed by atoms with van der Waals surface area (Å²) in [6.07, 6.45) is 7.10. The first-order chi connectivity index (χ1) is 11.9. The molecule has 24 heavy (non-hydrogen) atoms. The third-order valence-corrected chi connectivity index (χ3v) is 3.88. The molecule has 1 aromatic heterocycles. The Hall–Kier alpha value is -1.53. The number of ether oxygens (including phenoxy) is 2. The van der Waals surface area contributed by atoms with Crippen LogP contribution in [0.3, 0.4) is 0 Å². The Morgan fingerprint density at radius 1 is 1.33 bits per heavy atom. The Morgan fingerprint density at radius 2 is 2.25 bits per heavy atom. The van der Waals surface area contributed by atoms with Gasteiger partial charge in [0, 0.05) is 39.3 Å². The second-order valence-electron chi connectivity index (χ2n) is 5.98. The van der Waals surface area contributed by atoms with Crippen LogP contribution in [-0.4, -0.2) is 51.5 Å². The lowest BCUT2D eigenvalue weighted by atomic mass is 10.3. The largest absolute Gasteiger partial charge is 0.469 e. The zero-order chi connectivity index (χ0) is 16.9. The summed E-state index contributed by atoms with van der Waals surface area (Å²) in [7, 11) is 0. The number of hydrogen-bond acceptors (Lipinski definition) is 4. The molecule has 2 heterocycles. The zero-order valence-electron chi connectivity index (χ0n) is 14.8. The van der Waals surface area contributed by atoms with Crippen LogP contribution in [0.25, 0.3) is 0 Å². The van der Waals surface area contributed by atoms with Gasteiger partial charge in [0.25, 0.3) is 0 Å². The number of unbranched alkanes of at least 4 members (excludes halogenated alkanes) is 1. The normalized spacial score (nSPS) is 18.0. The van der Waals surface area contributed by atoms with Gasteiger partial charge in [-0.2, -0.15) is 0 Å². The van der Waals surface area contributed by atoms with E-state index < -0.39 is 0 Å². The molecule has 1 fully saturated rings. The quantitative estimate of drug-likeness (QED) is 0.369. The molecule has 0 saturated carbocycles. The predicted octanol–water partition coefficient (Wildman–Crippen LogP) is 2.35. The maximum atomic E-state index is 5.77. The van der Waals surface area contributed by atoms with Crippen LogP contribution in [0.5, 0.6) is 0 Å². The lowest BCUT2D eigenvalue weighted by Crippen LogP contribution is -2.39. The third kappa shape index (κ3) is 7.84. The van der Waals surface area contributed by atoms with E-state index in [2.05, 4.69) is 22.5 Å². The second kappa shape index (κ2) is 11.9. The predicted molar refractivity (Wildman–Crippen MR) is 95.4 cm³/mol. The molecule has 0 aromatic carbocycles. The molecule has 0 radical (unpaired) electrons. The van der Waals surface area contributed by atoms with Crippen molar-refractivity contribution in [1.82, 2.24) is 10.6 Å². The molecule has 1 saturated heterocycles. The summed E-state index contributed by atoms with van der Waals surface area (Å²) < 4.78 is 16.4. The molecule has 136 valence electrons. The highest BCUT2D eigenvalue weighted by Gasteiger charge is 2.15. The first kappa shape index (κ1) is 18.8. The van der Waals surface area contributed by atoms with E-state index in [0.29, 0.717) is 0 Å². The molecule has 1 aliphatic rings. The average Bonchev–Trinajstić information content (AvgIpc) is 3.28. The molecule has 0 aliphatic carbocycles. The van der Waals surface area contributed by atoms with Crippen molar-refractivity contribution in [3.63, 3.8) is 0 Å². The van der Waals surface area contributed by atoms with Crippen molar-refractivity contribution in [2.24, 2.45) is 4.99 Å². The standard InChI is InChI=1S/C18H31N3O3/c1-2-3-9-19-18(21-11-7-16-6-4-12-23-16)20-10-5-13-24-17-8-14-22-15-17/h4,6,12,17H,2-3,5,7-11,13-15H2,1H3,(H2,19,20,21). The van der Waals surface area contributed by atoms with Gasteiger partial charge < -0.3 is 24.5 Å². The van der Waals surface area contributed by atoms with E-state index in [1.807, 2.05) is 12.1 Å². The van der Waals surface area contributed by atoms with E-state index in [9.17, 15) is 0 Å². The van der Waals surface area contributed by atoms with Crippen LogP contribution in [0.2, 0.25) is 0 Å². The van der Waals surface area contributed by atoms with Crippen LogP contribution in [-0.2, 0) is 15.9 Å². The van der Waals surface area contributed by atoms with Crippen molar-refractivity contribution in [2.75, 3.05) is 39.5 Å². The molecule has 0 spiro atoms. The Bertz CT molecular complexity index is 442. The molecule has 1 unspecified atom stereocenters. The maximum Gasteiger partial charge on any atom is 0.191 e. The first-order valence-electron chi connectivity index (χ1n) is 9.12. The van der Waals surface area contributed by atoms with Gasteiger partial charge in [0.2, 0.25) is 0 Å². The summed E-state index contributed by atoms with van der Waals surface area (Å²) in [5.41, 5.74) is 0. The molecule has 0 amide bonds. The first-order valence-corrected chi connectivity index (χ1v) is 9.12. The van der Waals surface area contributed by atoms with Crippen LogP contribution in [0.15, 0.2) is 27.8 Å². The van der Waals surface area contributed by atoms with Crippen LogP contribution in [0.4, 0.5) is 0 Å². The molecular weight excluding hydrogens is 306 g/mol. The van der Waals surface area contributed by atoms with Crippen LogP contribution in [0.1, 0.15) is 38.4 Å². The summed E-state index contributed by atoms with van der Waals surface area (Å²) in [6, 6.07) is 3.91. The summed E-state index contributed by atoms with van der Waals surface area (Å²) in [5.74, 6) is 1.86. The van der Waals surface area contributed by atoms with Gasteiger partial charge in [-0.3, -0.25) is 4.99 Å². The SMILES string of the molecule is CCCCNC(=NCCCOC1CCOC1)NCCc1ccco1. The Kier molecular flexibility index (Phi) is 9.34. The van der Waals surface area contributed by atoms with Crippen molar-refractivity contribution in [3.05, 3.63) is 24.2 Å². The number of nitrogens with zero attached hydrogens (tertiary/aromatic N) is 1. The summed E-state index contributed by atoms with van der Waals surface area (Å²) in [6.45, 7) is 7.00. The minimum absolute atomic E-state index is 0.280. The average molecular weight is 337 g/mol. The smallest absolute Gasteiger partial charge is 0.191 e. The van der Waals surface area contributed by atoms with Gasteiger partial charge in [0.05, 0.1) is 19.0 Å². The fourth-order valence-corrected chi connectivity index (χ4v) is 2.47. The molecule has 1 aromatic rings. The van der Waals surface area contributed by atoms with Crippen molar-refractivity contribution < 1.29 is 13.9 Å². The minimum Gasteiger partial charge on any atom is -0.469 e. The maximum absolute atomic E-state index is 5.77. The van der Waals surface area contributed by atoms with E-state index in [-0.39, 0.29) is 6.10 Å². The van der Waals surface area contributed by atoms with Crippen LogP contribution in [0, 0.1) is 0 Å². The van der Waals surface area contributed by atoms with Crippen LogP contribution >= 0.6 is 0 Å². The number of rotatable bonds is 11. The highest BCUT2D eigenvalue weighted by Crippen LogP contribution is 2.08. The highest BCUT2D eigenvalue weighted by atomic mass is 16.5. The van der Waals surface area contributed by atoms with E-state index in [1.165, 1.54) is 6.42 Å². The monoisotopic (exact) mass is 337 g/mol. The number of guanidine groups is 1. The Labute approximate surface area is 145 Å². The van der Waals surface area contributed by atoms with Crippen LogP contribution < -0.4 is 10.6 Å². The topological polar surface area (TPSA) is 68.0 Å². The number of furan rings is 1. The zero-order valence-corrected chi connectivity index (χ0v) is 14.8. The highest BCUT2D eigenvalue weighted by molar-refractivity contribution is 5.79. The lowest BCUT2D eigenvalue weighted by molar-refractivity contribution is 0.0424. The second-order valence-corrected chi connectivity index (χ2v) is 5.98. The molecule has 1 aliphatic heterocycles. The van der Waals surface area contributed by atoms with Crippen molar-refractivity contribution in [1.29, 1.82) is 0 Å². The van der Waals surface area contributed by atoms with Crippen molar-refractivity contribution >= 4 is 5.96 Å². The molecule has 6 heteroatoms. The van der Waals surface area contributed by atoms with Gasteiger partial charge in [-0.1, -0.05) is 13.3 Å². The van der Waals surface area contributed by atoms with Gasteiger partial charge in [-0.15, -0.1) is 0 Å². The fraction of sp³-hybridized carbons (Fsp3) is 0.722. The van der Waals surface area contributed by atoms with Gasteiger partial charge in [0.1, 0.15) is 5.76 Å². The number of nitrogens with one attached hydrogen (secondary N) is 2. The summed E-state index contributed by atoms with van der Waals surface area (Å²) in [5, 5.41) is 6.75. The molecular formula is C18H31N3O3. The molecule has 6 nitrogen and oxygen atoms in total. The summed E-state index contributed by atoms with van der Waals surface area (Å²) in [4.78, 5) is 4.63.